The molecule has 2 aliphatic heterocycles. The van der Waals surface area contributed by atoms with Gasteiger partial charge in [0, 0.05) is 19.6 Å². The maximum absolute atomic E-state index is 12.2. The Morgan fingerprint density at radius 1 is 1.04 bits per heavy atom. The Bertz CT molecular complexity index is 403. The number of hydrogen-bond acceptors (Lipinski definition) is 3. The summed E-state index contributed by atoms with van der Waals surface area (Å²) in [4.78, 5) is 16.7. The first-order valence-corrected chi connectivity index (χ1v) is 10.5. The molecule has 0 radical (unpaired) electrons. The first-order valence-electron chi connectivity index (χ1n) is 10.5. The van der Waals surface area contributed by atoms with Gasteiger partial charge in [0.1, 0.15) is 5.60 Å². The molecule has 2 aliphatic rings. The molecule has 4 heteroatoms. The summed E-state index contributed by atoms with van der Waals surface area (Å²) in [5, 5.41) is 0. The smallest absolute Gasteiger partial charge is 0.410 e. The number of nitrogens with zero attached hydrogens (tertiary/aromatic N) is 2. The van der Waals surface area contributed by atoms with E-state index < -0.39 is 5.60 Å². The van der Waals surface area contributed by atoms with Crippen molar-refractivity contribution in [1.82, 2.24) is 9.80 Å². The van der Waals surface area contributed by atoms with Crippen LogP contribution in [0.1, 0.15) is 73.1 Å². The van der Waals surface area contributed by atoms with Gasteiger partial charge >= 0.3 is 6.09 Å². The summed E-state index contributed by atoms with van der Waals surface area (Å²) in [6.07, 6.45) is 7.58. The minimum absolute atomic E-state index is 0.142. The monoisotopic (exact) mass is 352 g/mol. The molecule has 0 spiro atoms. The number of hydrogen-bond donors (Lipinski definition) is 0. The molecule has 0 aromatic rings. The van der Waals surface area contributed by atoms with Crippen LogP contribution in [0.3, 0.4) is 0 Å². The van der Waals surface area contributed by atoms with E-state index in [1.54, 1.807) is 0 Å². The van der Waals surface area contributed by atoms with E-state index in [0.29, 0.717) is 0 Å². The molecule has 0 aromatic heterocycles. The third kappa shape index (κ3) is 7.16. The highest BCUT2D eigenvalue weighted by molar-refractivity contribution is 5.68. The van der Waals surface area contributed by atoms with Crippen LogP contribution in [0.15, 0.2) is 0 Å². The number of carbonyl (C=O) groups is 1. The third-order valence-corrected chi connectivity index (χ3v) is 5.92. The second-order valence-corrected chi connectivity index (χ2v) is 9.40. The lowest BCUT2D eigenvalue weighted by atomic mass is 9.86. The molecule has 0 aliphatic carbocycles. The number of amides is 1. The van der Waals surface area contributed by atoms with Gasteiger partial charge in [0.05, 0.1) is 0 Å². The van der Waals surface area contributed by atoms with Crippen molar-refractivity contribution in [1.29, 1.82) is 0 Å². The van der Waals surface area contributed by atoms with Gasteiger partial charge in [-0.25, -0.2) is 4.79 Å². The molecule has 1 amide bonds. The maximum atomic E-state index is 12.2. The van der Waals surface area contributed by atoms with Gasteiger partial charge in [0.25, 0.3) is 0 Å². The zero-order chi connectivity index (χ0) is 18.4. The van der Waals surface area contributed by atoms with Gasteiger partial charge in [-0.1, -0.05) is 20.3 Å². The molecule has 146 valence electrons. The lowest BCUT2D eigenvalue weighted by Crippen LogP contribution is -2.44. The summed E-state index contributed by atoms with van der Waals surface area (Å²) in [6.45, 7) is 16.0. The van der Waals surface area contributed by atoms with E-state index >= 15 is 0 Å². The van der Waals surface area contributed by atoms with Gasteiger partial charge in [0.15, 0.2) is 0 Å². The SMILES string of the molecule is CCC(C)CC1CCN(CC2CCN(C(=O)OC(C)(C)C)CC2)CC1. The lowest BCUT2D eigenvalue weighted by Gasteiger charge is -2.38. The van der Waals surface area contributed by atoms with Crippen molar-refractivity contribution in [3.8, 4) is 0 Å². The molecule has 25 heavy (non-hydrogen) atoms. The van der Waals surface area contributed by atoms with Crippen LogP contribution in [-0.2, 0) is 4.74 Å². The highest BCUT2D eigenvalue weighted by Gasteiger charge is 2.28. The zero-order valence-electron chi connectivity index (χ0n) is 17.2. The fourth-order valence-corrected chi connectivity index (χ4v) is 4.13. The number of carbonyl (C=O) groups excluding carboxylic acids is 1. The summed E-state index contributed by atoms with van der Waals surface area (Å²) < 4.78 is 5.49. The largest absolute Gasteiger partial charge is 0.444 e. The summed E-state index contributed by atoms with van der Waals surface area (Å²) in [6, 6.07) is 0. The molecule has 0 bridgehead atoms. The van der Waals surface area contributed by atoms with Crippen LogP contribution in [0.25, 0.3) is 0 Å². The van der Waals surface area contributed by atoms with Gasteiger partial charge in [0.2, 0.25) is 0 Å². The topological polar surface area (TPSA) is 32.8 Å². The van der Waals surface area contributed by atoms with Crippen molar-refractivity contribution < 1.29 is 9.53 Å². The first-order chi connectivity index (χ1) is 11.8. The molecule has 0 saturated carbocycles. The van der Waals surface area contributed by atoms with Crippen LogP contribution in [0.5, 0.6) is 0 Å². The van der Waals surface area contributed by atoms with Crippen LogP contribution in [0.2, 0.25) is 0 Å². The second-order valence-electron chi connectivity index (χ2n) is 9.40. The highest BCUT2D eigenvalue weighted by Crippen LogP contribution is 2.27. The number of ether oxygens (including phenoxy) is 1. The standard InChI is InChI=1S/C21H40N2O2/c1-6-17(2)15-18-7-11-22(12-8-18)16-19-9-13-23(14-10-19)20(24)25-21(3,4)5/h17-19H,6-16H2,1-5H3. The minimum Gasteiger partial charge on any atom is -0.444 e. The highest BCUT2D eigenvalue weighted by atomic mass is 16.6. The van der Waals surface area contributed by atoms with Gasteiger partial charge in [-0.2, -0.15) is 0 Å². The molecule has 0 N–H and O–H groups in total. The van der Waals surface area contributed by atoms with E-state index in [4.69, 9.17) is 4.74 Å². The van der Waals surface area contributed by atoms with Gasteiger partial charge in [-0.05, 0) is 83.7 Å². The molecule has 2 fully saturated rings. The van der Waals surface area contributed by atoms with Crippen molar-refractivity contribution in [3.05, 3.63) is 0 Å². The van der Waals surface area contributed by atoms with Crippen LogP contribution < -0.4 is 0 Å². The van der Waals surface area contributed by atoms with E-state index in [1.807, 2.05) is 25.7 Å². The normalized spacial score (nSPS) is 22.8. The minimum atomic E-state index is -0.395. The summed E-state index contributed by atoms with van der Waals surface area (Å²) in [5.74, 6) is 2.57. The molecule has 4 nitrogen and oxygen atoms in total. The van der Waals surface area contributed by atoms with Crippen molar-refractivity contribution in [2.24, 2.45) is 17.8 Å². The summed E-state index contributed by atoms with van der Waals surface area (Å²) in [5.41, 5.74) is -0.395. The average molecular weight is 353 g/mol. The van der Waals surface area contributed by atoms with Crippen molar-refractivity contribution in [2.45, 2.75) is 78.7 Å². The fraction of sp³-hybridized carbons (Fsp3) is 0.952. The van der Waals surface area contributed by atoms with E-state index in [1.165, 1.54) is 45.3 Å². The first kappa shape index (κ1) is 20.5. The Hall–Kier alpha value is -0.770. The quantitative estimate of drug-likeness (QED) is 0.714. The third-order valence-electron chi connectivity index (χ3n) is 5.92. The predicted molar refractivity (Wildman–Crippen MR) is 104 cm³/mol. The van der Waals surface area contributed by atoms with Crippen molar-refractivity contribution >= 4 is 6.09 Å². The summed E-state index contributed by atoms with van der Waals surface area (Å²) >= 11 is 0. The van der Waals surface area contributed by atoms with Gasteiger partial charge in [-0.3, -0.25) is 0 Å². The molecular weight excluding hydrogens is 312 g/mol. The Morgan fingerprint density at radius 2 is 1.60 bits per heavy atom. The molecule has 2 heterocycles. The van der Waals surface area contributed by atoms with E-state index in [-0.39, 0.29) is 6.09 Å². The van der Waals surface area contributed by atoms with Crippen molar-refractivity contribution in [2.75, 3.05) is 32.7 Å². The molecule has 1 atom stereocenters. The molecule has 0 aromatic carbocycles. The number of likely N-dealkylation sites (tertiary alicyclic amines) is 2. The average Bonchev–Trinajstić information content (AvgIpc) is 2.55. The maximum Gasteiger partial charge on any atom is 0.410 e. The molecule has 2 saturated heterocycles. The Kier molecular flexibility index (Phi) is 7.60. The number of rotatable bonds is 5. The lowest BCUT2D eigenvalue weighted by molar-refractivity contribution is 0.0163. The Balaban J connectivity index is 1.65. The molecule has 2 rings (SSSR count). The van der Waals surface area contributed by atoms with Crippen LogP contribution in [-0.4, -0.2) is 54.2 Å². The van der Waals surface area contributed by atoms with Crippen molar-refractivity contribution in [3.63, 3.8) is 0 Å². The van der Waals surface area contributed by atoms with Crippen LogP contribution in [0, 0.1) is 17.8 Å². The summed E-state index contributed by atoms with van der Waals surface area (Å²) in [7, 11) is 0. The zero-order valence-corrected chi connectivity index (χ0v) is 17.2. The Labute approximate surface area is 155 Å². The van der Waals surface area contributed by atoms with Gasteiger partial charge in [-0.15, -0.1) is 0 Å². The second kappa shape index (κ2) is 9.25. The Morgan fingerprint density at radius 3 is 2.12 bits per heavy atom. The molecular formula is C21H40N2O2. The fourth-order valence-electron chi connectivity index (χ4n) is 4.13. The van der Waals surface area contributed by atoms with Crippen LogP contribution >= 0.6 is 0 Å². The van der Waals surface area contributed by atoms with Gasteiger partial charge < -0.3 is 14.5 Å². The van der Waals surface area contributed by atoms with E-state index in [2.05, 4.69) is 18.7 Å². The van der Waals surface area contributed by atoms with E-state index in [0.717, 1.165) is 43.7 Å². The predicted octanol–water partition coefficient (Wildman–Crippen LogP) is 4.78. The number of piperidine rings is 2. The van der Waals surface area contributed by atoms with Crippen LogP contribution in [0.4, 0.5) is 4.79 Å². The molecule has 1 unspecified atom stereocenters. The van der Waals surface area contributed by atoms with E-state index in [9.17, 15) is 4.79 Å².